The number of rotatable bonds is 45. The summed E-state index contributed by atoms with van der Waals surface area (Å²) in [5, 5.41) is 0. The lowest BCUT2D eigenvalue weighted by atomic mass is 10.1. The third-order valence-electron chi connectivity index (χ3n) is 10.4. The Kier molecular flexibility index (Phi) is 43.9. The highest BCUT2D eigenvalue weighted by Crippen LogP contribution is 2.38. The average Bonchev–Trinajstić information content (AvgIpc) is 3.26. The zero-order valence-electron chi connectivity index (χ0n) is 41.9. The van der Waals surface area contributed by atoms with Crippen molar-refractivity contribution in [2.75, 3.05) is 47.5 Å². The molecular formula is C55H94NO8P. The molecule has 0 fully saturated rings. The SMILES string of the molecule is CC/C=C\C/C=C\C/C=C\C/C=C\C/C=C\C/C=C\C/C=C\C/C=C\CCCCCCCCCCC(=O)OC(COC(=O)CCCCCCCCCC)COP(=O)([O-])OCC[N+](C)(C)C. The van der Waals surface area contributed by atoms with Crippen LogP contribution < -0.4 is 4.89 Å². The summed E-state index contributed by atoms with van der Waals surface area (Å²) in [4.78, 5) is 37.5. The molecule has 0 aromatic heterocycles. The average molecular weight is 928 g/mol. The molecule has 0 spiro atoms. The second-order valence-corrected chi connectivity index (χ2v) is 19.2. The van der Waals surface area contributed by atoms with Crippen LogP contribution in [0.5, 0.6) is 0 Å². The van der Waals surface area contributed by atoms with E-state index in [9.17, 15) is 19.0 Å². The van der Waals surface area contributed by atoms with Crippen molar-refractivity contribution < 1.29 is 42.1 Å². The minimum Gasteiger partial charge on any atom is -0.756 e. The van der Waals surface area contributed by atoms with E-state index >= 15 is 0 Å². The molecule has 9 nitrogen and oxygen atoms in total. The number of allylic oxidation sites excluding steroid dienone is 16. The van der Waals surface area contributed by atoms with Crippen LogP contribution in [0.3, 0.4) is 0 Å². The van der Waals surface area contributed by atoms with E-state index in [2.05, 4.69) is 111 Å². The van der Waals surface area contributed by atoms with Gasteiger partial charge >= 0.3 is 11.9 Å². The van der Waals surface area contributed by atoms with Crippen LogP contribution in [0.1, 0.15) is 187 Å². The highest BCUT2D eigenvalue weighted by atomic mass is 31.2. The van der Waals surface area contributed by atoms with Gasteiger partial charge in [0.2, 0.25) is 0 Å². The van der Waals surface area contributed by atoms with E-state index in [1.165, 1.54) is 57.8 Å². The van der Waals surface area contributed by atoms with Crippen LogP contribution in [0.25, 0.3) is 0 Å². The van der Waals surface area contributed by atoms with Gasteiger partial charge in [0.25, 0.3) is 7.82 Å². The summed E-state index contributed by atoms with van der Waals surface area (Å²) >= 11 is 0. The standard InChI is InChI=1S/C55H94NO8P/c1-6-8-10-12-14-16-17-18-19-20-21-22-23-24-25-26-27-28-29-30-31-32-33-34-35-36-37-38-39-40-42-44-46-48-55(58)64-53(52-63-65(59,60)62-50-49-56(3,4)5)51-61-54(57)47-45-43-41-15-13-11-9-7-2/h8,10,14,16,18-19,21-22,24-25,27-28,30-31,33-34,53H,6-7,9,11-13,15,17,20,23,26,29,32,35-52H2,1-5H3/b10-8-,16-14-,19-18-,22-21-,25-24-,28-27-,31-30-,34-33-. The smallest absolute Gasteiger partial charge is 0.306 e. The second kappa shape index (κ2) is 46.1. The molecule has 0 rings (SSSR count). The Morgan fingerprint density at radius 3 is 1.31 bits per heavy atom. The molecule has 0 saturated carbocycles. The fourth-order valence-corrected chi connectivity index (χ4v) is 7.16. The van der Waals surface area contributed by atoms with Crippen molar-refractivity contribution in [3.8, 4) is 0 Å². The maximum Gasteiger partial charge on any atom is 0.306 e. The van der Waals surface area contributed by atoms with Crippen molar-refractivity contribution in [1.82, 2.24) is 0 Å². The quantitative estimate of drug-likeness (QED) is 0.0195. The van der Waals surface area contributed by atoms with Crippen LogP contribution in [0, 0.1) is 0 Å². The molecule has 0 N–H and O–H groups in total. The van der Waals surface area contributed by atoms with Gasteiger partial charge in [-0.25, -0.2) is 0 Å². The Morgan fingerprint density at radius 1 is 0.492 bits per heavy atom. The molecule has 0 aliphatic heterocycles. The predicted octanol–water partition coefficient (Wildman–Crippen LogP) is 14.7. The van der Waals surface area contributed by atoms with Gasteiger partial charge in [0.15, 0.2) is 6.10 Å². The molecule has 2 atom stereocenters. The molecule has 0 saturated heterocycles. The monoisotopic (exact) mass is 928 g/mol. The molecule has 65 heavy (non-hydrogen) atoms. The molecule has 0 aromatic carbocycles. The minimum atomic E-state index is -4.63. The zero-order chi connectivity index (χ0) is 47.8. The summed E-state index contributed by atoms with van der Waals surface area (Å²) in [6, 6.07) is 0. The first-order valence-electron chi connectivity index (χ1n) is 25.4. The van der Waals surface area contributed by atoms with Crippen LogP contribution in [-0.4, -0.2) is 70.0 Å². The third-order valence-corrected chi connectivity index (χ3v) is 11.3. The maximum absolute atomic E-state index is 12.7. The van der Waals surface area contributed by atoms with Crippen LogP contribution in [-0.2, 0) is 32.7 Å². The number of likely N-dealkylation sites (N-methyl/N-ethyl adjacent to an activating group) is 1. The summed E-state index contributed by atoms with van der Waals surface area (Å²) in [6.07, 6.45) is 61.8. The Bertz CT molecular complexity index is 1420. The van der Waals surface area contributed by atoms with E-state index in [0.717, 1.165) is 96.3 Å². The van der Waals surface area contributed by atoms with Gasteiger partial charge in [0.1, 0.15) is 19.8 Å². The third kappa shape index (κ3) is 50.2. The number of hydrogen-bond acceptors (Lipinski definition) is 8. The fourth-order valence-electron chi connectivity index (χ4n) is 6.43. The Hall–Kier alpha value is -3.07. The van der Waals surface area contributed by atoms with Gasteiger partial charge < -0.3 is 27.9 Å². The number of nitrogens with zero attached hydrogens (tertiary/aromatic N) is 1. The van der Waals surface area contributed by atoms with Gasteiger partial charge in [-0.05, 0) is 77.0 Å². The zero-order valence-corrected chi connectivity index (χ0v) is 42.8. The molecular weight excluding hydrogens is 834 g/mol. The number of phosphoric acid groups is 1. The van der Waals surface area contributed by atoms with E-state index in [1.807, 2.05) is 21.1 Å². The predicted molar refractivity (Wildman–Crippen MR) is 272 cm³/mol. The van der Waals surface area contributed by atoms with Crippen LogP contribution in [0.15, 0.2) is 97.2 Å². The first-order valence-corrected chi connectivity index (χ1v) is 26.9. The number of unbranched alkanes of at least 4 members (excludes halogenated alkanes) is 15. The fraction of sp³-hybridized carbons (Fsp3) is 0.673. The lowest BCUT2D eigenvalue weighted by Gasteiger charge is -2.28. The molecule has 372 valence electrons. The highest BCUT2D eigenvalue weighted by molar-refractivity contribution is 7.45. The van der Waals surface area contributed by atoms with Gasteiger partial charge in [0.05, 0.1) is 27.7 Å². The number of ether oxygens (including phenoxy) is 2. The summed E-state index contributed by atoms with van der Waals surface area (Å²) in [7, 11) is 1.15. The molecule has 0 aromatic rings. The van der Waals surface area contributed by atoms with Crippen LogP contribution in [0.2, 0.25) is 0 Å². The van der Waals surface area contributed by atoms with Gasteiger partial charge in [-0.3, -0.25) is 14.2 Å². The maximum atomic E-state index is 12.7. The summed E-state index contributed by atoms with van der Waals surface area (Å²) in [6.45, 7) is 4.05. The summed E-state index contributed by atoms with van der Waals surface area (Å²) in [5.74, 6) is -0.854. The number of esters is 2. The van der Waals surface area contributed by atoms with Crippen molar-refractivity contribution in [2.24, 2.45) is 0 Å². The topological polar surface area (TPSA) is 111 Å². The van der Waals surface area contributed by atoms with E-state index in [0.29, 0.717) is 17.4 Å². The Morgan fingerprint density at radius 2 is 0.877 bits per heavy atom. The highest BCUT2D eigenvalue weighted by Gasteiger charge is 2.21. The second-order valence-electron chi connectivity index (χ2n) is 17.8. The largest absolute Gasteiger partial charge is 0.756 e. The minimum absolute atomic E-state index is 0.0363. The van der Waals surface area contributed by atoms with Crippen LogP contribution in [0.4, 0.5) is 0 Å². The van der Waals surface area contributed by atoms with Gasteiger partial charge in [-0.15, -0.1) is 0 Å². The van der Waals surface area contributed by atoms with Crippen molar-refractivity contribution in [1.29, 1.82) is 0 Å². The number of carbonyl (C=O) groups excluding carboxylic acids is 2. The number of carbonyl (C=O) groups is 2. The van der Waals surface area contributed by atoms with Crippen molar-refractivity contribution in [2.45, 2.75) is 193 Å². The lowest BCUT2D eigenvalue weighted by Crippen LogP contribution is -2.37. The molecule has 0 radical (unpaired) electrons. The number of quaternary nitrogens is 1. The van der Waals surface area contributed by atoms with E-state index in [1.54, 1.807) is 0 Å². The lowest BCUT2D eigenvalue weighted by molar-refractivity contribution is -0.870. The van der Waals surface area contributed by atoms with E-state index in [4.69, 9.17) is 18.5 Å². The summed E-state index contributed by atoms with van der Waals surface area (Å²) < 4.78 is 33.9. The van der Waals surface area contributed by atoms with Gasteiger partial charge in [-0.1, -0.05) is 195 Å². The van der Waals surface area contributed by atoms with Crippen molar-refractivity contribution in [3.63, 3.8) is 0 Å². The first-order chi connectivity index (χ1) is 31.5. The Balaban J connectivity index is 4.12. The normalized spacial score (nSPS) is 14.2. The van der Waals surface area contributed by atoms with Crippen molar-refractivity contribution in [3.05, 3.63) is 97.2 Å². The molecule has 0 bridgehead atoms. The molecule has 10 heteroatoms. The van der Waals surface area contributed by atoms with E-state index < -0.39 is 32.5 Å². The molecule has 2 unspecified atom stereocenters. The first kappa shape index (κ1) is 61.9. The number of phosphoric ester groups is 1. The Labute approximate surface area is 398 Å². The van der Waals surface area contributed by atoms with E-state index in [-0.39, 0.29) is 26.1 Å². The molecule has 0 heterocycles. The van der Waals surface area contributed by atoms with Gasteiger partial charge in [0, 0.05) is 12.8 Å². The molecule has 0 amide bonds. The van der Waals surface area contributed by atoms with Crippen molar-refractivity contribution >= 4 is 19.8 Å². The molecule has 0 aliphatic rings. The number of hydrogen-bond donors (Lipinski definition) is 0. The van der Waals surface area contributed by atoms with Crippen LogP contribution >= 0.6 is 7.82 Å². The summed E-state index contributed by atoms with van der Waals surface area (Å²) in [5.41, 5.74) is 0. The van der Waals surface area contributed by atoms with Gasteiger partial charge in [-0.2, -0.15) is 0 Å². The molecule has 0 aliphatic carbocycles.